The summed E-state index contributed by atoms with van der Waals surface area (Å²) in [6.45, 7) is 1.70. The Bertz CT molecular complexity index is 285. The summed E-state index contributed by atoms with van der Waals surface area (Å²) in [6, 6.07) is 0.498. The van der Waals surface area contributed by atoms with Crippen LogP contribution < -0.4 is 4.90 Å². The van der Waals surface area contributed by atoms with E-state index in [1.165, 1.54) is 0 Å². The van der Waals surface area contributed by atoms with Gasteiger partial charge in [-0.05, 0) is 22.4 Å². The largest absolute Gasteiger partial charge is 0.379 e. The standard InChI is InChI=1S/C8H11BrN2OS/c1-11(6-2-3-12-4-6)8-10-7(9)5-13-8/h5-6H,2-4H2,1H3. The van der Waals surface area contributed by atoms with Crippen LogP contribution in [0.2, 0.25) is 0 Å². The molecule has 2 rings (SSSR count). The normalized spacial score (nSPS) is 22.2. The molecule has 0 radical (unpaired) electrons. The minimum atomic E-state index is 0.498. The number of thiazole rings is 1. The Balaban J connectivity index is 2.07. The maximum absolute atomic E-state index is 5.33. The third kappa shape index (κ3) is 2.03. The van der Waals surface area contributed by atoms with Crippen molar-refractivity contribution in [2.75, 3.05) is 25.2 Å². The molecule has 13 heavy (non-hydrogen) atoms. The van der Waals surface area contributed by atoms with Gasteiger partial charge in [-0.2, -0.15) is 0 Å². The molecule has 1 aromatic heterocycles. The third-order valence-electron chi connectivity index (χ3n) is 2.22. The van der Waals surface area contributed by atoms with Crippen molar-refractivity contribution < 1.29 is 4.74 Å². The molecule has 0 saturated carbocycles. The number of halogens is 1. The average molecular weight is 263 g/mol. The number of hydrogen-bond donors (Lipinski definition) is 0. The molecule has 5 heteroatoms. The minimum Gasteiger partial charge on any atom is -0.379 e. The maximum atomic E-state index is 5.33. The van der Waals surface area contributed by atoms with E-state index in [4.69, 9.17) is 4.74 Å². The SMILES string of the molecule is CN(c1nc(Br)cs1)C1CCOC1. The number of likely N-dealkylation sites (N-methyl/N-ethyl adjacent to an activating group) is 1. The van der Waals surface area contributed by atoms with Gasteiger partial charge in [0.25, 0.3) is 0 Å². The van der Waals surface area contributed by atoms with Gasteiger partial charge in [0.15, 0.2) is 5.13 Å². The molecular weight excluding hydrogens is 252 g/mol. The van der Waals surface area contributed by atoms with E-state index in [1.54, 1.807) is 11.3 Å². The molecular formula is C8H11BrN2OS. The Hall–Kier alpha value is -0.130. The molecule has 0 aliphatic carbocycles. The first kappa shape index (κ1) is 9.43. The van der Waals surface area contributed by atoms with Gasteiger partial charge >= 0.3 is 0 Å². The number of ether oxygens (including phenoxy) is 1. The van der Waals surface area contributed by atoms with Gasteiger partial charge in [0.2, 0.25) is 0 Å². The van der Waals surface area contributed by atoms with E-state index in [0.717, 1.165) is 29.4 Å². The second-order valence-corrected chi connectivity index (χ2v) is 4.73. The summed E-state index contributed by atoms with van der Waals surface area (Å²) >= 11 is 5.01. The molecule has 0 bridgehead atoms. The lowest BCUT2D eigenvalue weighted by Gasteiger charge is -2.21. The van der Waals surface area contributed by atoms with Gasteiger partial charge in [-0.25, -0.2) is 4.98 Å². The van der Waals surface area contributed by atoms with Crippen molar-refractivity contribution in [1.82, 2.24) is 4.98 Å². The van der Waals surface area contributed by atoms with E-state index in [-0.39, 0.29) is 0 Å². The van der Waals surface area contributed by atoms with Gasteiger partial charge in [0, 0.05) is 19.0 Å². The van der Waals surface area contributed by atoms with E-state index < -0.39 is 0 Å². The van der Waals surface area contributed by atoms with Crippen LogP contribution in [0, 0.1) is 0 Å². The summed E-state index contributed by atoms with van der Waals surface area (Å²) < 4.78 is 6.25. The van der Waals surface area contributed by atoms with Crippen LogP contribution in [0.3, 0.4) is 0 Å². The zero-order chi connectivity index (χ0) is 9.26. The Kier molecular flexibility index (Phi) is 2.86. The van der Waals surface area contributed by atoms with Crippen LogP contribution in [0.1, 0.15) is 6.42 Å². The van der Waals surface area contributed by atoms with E-state index >= 15 is 0 Å². The van der Waals surface area contributed by atoms with Crippen molar-refractivity contribution >= 4 is 32.4 Å². The Morgan fingerprint density at radius 3 is 3.15 bits per heavy atom. The lowest BCUT2D eigenvalue weighted by atomic mass is 10.2. The zero-order valence-electron chi connectivity index (χ0n) is 7.36. The number of hydrogen-bond acceptors (Lipinski definition) is 4. The highest BCUT2D eigenvalue weighted by Crippen LogP contribution is 2.26. The van der Waals surface area contributed by atoms with Crippen LogP contribution in [-0.2, 0) is 4.74 Å². The first-order valence-corrected chi connectivity index (χ1v) is 5.86. The molecule has 1 fully saturated rings. The molecule has 72 valence electrons. The van der Waals surface area contributed by atoms with Crippen LogP contribution in [-0.4, -0.2) is 31.3 Å². The molecule has 1 saturated heterocycles. The van der Waals surface area contributed by atoms with Crippen LogP contribution in [0.4, 0.5) is 5.13 Å². The molecule has 1 unspecified atom stereocenters. The van der Waals surface area contributed by atoms with Gasteiger partial charge in [-0.15, -0.1) is 11.3 Å². The molecule has 1 aliphatic heterocycles. The fourth-order valence-corrected chi connectivity index (χ4v) is 2.68. The number of anilines is 1. The van der Waals surface area contributed by atoms with Crippen LogP contribution in [0.25, 0.3) is 0 Å². The maximum Gasteiger partial charge on any atom is 0.186 e. The summed E-state index contributed by atoms with van der Waals surface area (Å²) in [4.78, 5) is 6.56. The highest BCUT2D eigenvalue weighted by atomic mass is 79.9. The average Bonchev–Trinajstić information content (AvgIpc) is 2.72. The fourth-order valence-electron chi connectivity index (χ4n) is 1.39. The van der Waals surface area contributed by atoms with Gasteiger partial charge < -0.3 is 9.64 Å². The van der Waals surface area contributed by atoms with Crippen molar-refractivity contribution in [3.05, 3.63) is 9.98 Å². The minimum absolute atomic E-state index is 0.498. The van der Waals surface area contributed by atoms with E-state index in [2.05, 4.69) is 32.9 Å². The smallest absolute Gasteiger partial charge is 0.186 e. The third-order valence-corrected chi connectivity index (χ3v) is 3.86. The summed E-state index contributed by atoms with van der Waals surface area (Å²) in [5, 5.41) is 3.06. The number of rotatable bonds is 2. The zero-order valence-corrected chi connectivity index (χ0v) is 9.77. The van der Waals surface area contributed by atoms with Gasteiger partial charge in [0.1, 0.15) is 4.60 Å². The Morgan fingerprint density at radius 2 is 2.62 bits per heavy atom. The summed E-state index contributed by atoms with van der Waals surface area (Å²) in [6.07, 6.45) is 1.10. The van der Waals surface area contributed by atoms with Gasteiger partial charge in [-0.3, -0.25) is 0 Å². The molecule has 0 aromatic carbocycles. The fraction of sp³-hybridized carbons (Fsp3) is 0.625. The highest BCUT2D eigenvalue weighted by molar-refractivity contribution is 9.10. The molecule has 3 nitrogen and oxygen atoms in total. The van der Waals surface area contributed by atoms with Gasteiger partial charge in [-0.1, -0.05) is 0 Å². The first-order chi connectivity index (χ1) is 6.27. The second-order valence-electron chi connectivity index (χ2n) is 3.08. The predicted octanol–water partition coefficient (Wildman–Crippen LogP) is 2.13. The first-order valence-electron chi connectivity index (χ1n) is 4.19. The van der Waals surface area contributed by atoms with E-state index in [1.807, 2.05) is 5.38 Å². The molecule has 0 spiro atoms. The lowest BCUT2D eigenvalue weighted by Crippen LogP contribution is -2.31. The van der Waals surface area contributed by atoms with Crippen molar-refractivity contribution in [1.29, 1.82) is 0 Å². The molecule has 0 amide bonds. The number of aromatic nitrogens is 1. The van der Waals surface area contributed by atoms with Crippen LogP contribution in [0.15, 0.2) is 9.98 Å². The van der Waals surface area contributed by atoms with Crippen LogP contribution >= 0.6 is 27.3 Å². The summed E-state index contributed by atoms with van der Waals surface area (Å²) in [5.74, 6) is 0. The Morgan fingerprint density at radius 1 is 1.77 bits per heavy atom. The van der Waals surface area contributed by atoms with E-state index in [9.17, 15) is 0 Å². The quantitative estimate of drug-likeness (QED) is 0.817. The molecule has 1 atom stereocenters. The van der Waals surface area contributed by atoms with Crippen molar-refractivity contribution in [2.45, 2.75) is 12.5 Å². The molecule has 1 aliphatic rings. The van der Waals surface area contributed by atoms with E-state index in [0.29, 0.717) is 6.04 Å². The number of nitrogens with zero attached hydrogens (tertiary/aromatic N) is 2. The summed E-state index contributed by atoms with van der Waals surface area (Å²) in [7, 11) is 2.07. The van der Waals surface area contributed by atoms with Crippen molar-refractivity contribution in [3.63, 3.8) is 0 Å². The predicted molar refractivity (Wildman–Crippen MR) is 57.4 cm³/mol. The Labute approximate surface area is 89.9 Å². The van der Waals surface area contributed by atoms with Crippen molar-refractivity contribution in [2.24, 2.45) is 0 Å². The van der Waals surface area contributed by atoms with Crippen molar-refractivity contribution in [3.8, 4) is 0 Å². The van der Waals surface area contributed by atoms with Crippen LogP contribution in [0.5, 0.6) is 0 Å². The van der Waals surface area contributed by atoms with Gasteiger partial charge in [0.05, 0.1) is 12.6 Å². The molecule has 0 N–H and O–H groups in total. The topological polar surface area (TPSA) is 25.4 Å². The molecule has 1 aromatic rings. The molecule has 2 heterocycles. The monoisotopic (exact) mass is 262 g/mol. The second kappa shape index (κ2) is 3.94. The summed E-state index contributed by atoms with van der Waals surface area (Å²) in [5.41, 5.74) is 0. The highest BCUT2D eigenvalue weighted by Gasteiger charge is 2.22. The lowest BCUT2D eigenvalue weighted by molar-refractivity contribution is 0.193.